The van der Waals surface area contributed by atoms with Crippen molar-refractivity contribution < 1.29 is 28.8 Å². The van der Waals surface area contributed by atoms with E-state index in [-0.39, 0.29) is 21.8 Å². The molecule has 0 bridgehead atoms. The topological polar surface area (TPSA) is 103 Å². The van der Waals surface area contributed by atoms with Crippen LogP contribution < -0.4 is 0 Å². The number of imide groups is 1. The summed E-state index contributed by atoms with van der Waals surface area (Å²) in [5.74, 6) is -3.19. The highest BCUT2D eigenvalue weighted by Crippen LogP contribution is 2.23. The predicted octanol–water partition coefficient (Wildman–Crippen LogP) is 1.30. The van der Waals surface area contributed by atoms with E-state index in [1.54, 1.807) is 12.1 Å². The fourth-order valence-corrected chi connectivity index (χ4v) is 2.63. The van der Waals surface area contributed by atoms with Crippen LogP contribution in [0.4, 0.5) is 0 Å². The summed E-state index contributed by atoms with van der Waals surface area (Å²) in [6, 6.07) is 6.11. The van der Waals surface area contributed by atoms with E-state index in [0.717, 1.165) is 11.3 Å². The Morgan fingerprint density at radius 3 is 2.26 bits per heavy atom. The van der Waals surface area contributed by atoms with Gasteiger partial charge in [-0.2, -0.15) is 0 Å². The number of hydrogen-bond donors (Lipinski definition) is 0. The number of methoxy groups -OCH3 is 1. The SMILES string of the molecule is COC(=O)c1nc(C(=O)ON2C(=O)c3ccccc3C2=O)cs1. The number of thiazole rings is 1. The molecule has 9 heteroatoms. The van der Waals surface area contributed by atoms with Gasteiger partial charge in [0.1, 0.15) is 0 Å². The van der Waals surface area contributed by atoms with Crippen molar-refractivity contribution in [1.82, 2.24) is 10.0 Å². The third-order valence-electron chi connectivity index (χ3n) is 3.00. The van der Waals surface area contributed by atoms with Gasteiger partial charge in [0.15, 0.2) is 5.69 Å². The van der Waals surface area contributed by atoms with Crippen molar-refractivity contribution in [1.29, 1.82) is 0 Å². The van der Waals surface area contributed by atoms with Crippen molar-refractivity contribution in [3.8, 4) is 0 Å². The number of ether oxygens (including phenoxy) is 1. The zero-order valence-electron chi connectivity index (χ0n) is 11.6. The molecule has 0 saturated heterocycles. The Morgan fingerprint density at radius 2 is 1.70 bits per heavy atom. The van der Waals surface area contributed by atoms with Gasteiger partial charge < -0.3 is 9.57 Å². The number of esters is 1. The summed E-state index contributed by atoms with van der Waals surface area (Å²) in [6.07, 6.45) is 0. The van der Waals surface area contributed by atoms with Crippen molar-refractivity contribution in [3.63, 3.8) is 0 Å². The molecule has 0 N–H and O–H groups in total. The standard InChI is InChI=1S/C14H8N2O6S/c1-21-14(20)10-15-9(6-23-10)13(19)22-16-11(17)7-4-2-3-5-8(7)12(16)18/h2-6H,1H3. The van der Waals surface area contributed by atoms with Gasteiger partial charge in [0, 0.05) is 5.38 Å². The highest BCUT2D eigenvalue weighted by Gasteiger charge is 2.39. The molecule has 1 aromatic carbocycles. The second-order valence-corrected chi connectivity index (χ2v) is 5.22. The van der Waals surface area contributed by atoms with E-state index in [1.807, 2.05) is 0 Å². The maximum Gasteiger partial charge on any atom is 0.383 e. The lowest BCUT2D eigenvalue weighted by Gasteiger charge is -2.11. The number of benzene rings is 1. The maximum absolute atomic E-state index is 12.1. The fraction of sp³-hybridized carbons (Fsp3) is 0.0714. The quantitative estimate of drug-likeness (QED) is 0.616. The van der Waals surface area contributed by atoms with Crippen LogP contribution in [0, 0.1) is 0 Å². The second kappa shape index (κ2) is 5.61. The van der Waals surface area contributed by atoms with Gasteiger partial charge in [0.05, 0.1) is 18.2 Å². The van der Waals surface area contributed by atoms with Gasteiger partial charge in [-0.3, -0.25) is 9.59 Å². The fourth-order valence-electron chi connectivity index (χ4n) is 1.93. The maximum atomic E-state index is 12.1. The molecule has 2 amide bonds. The van der Waals surface area contributed by atoms with E-state index >= 15 is 0 Å². The summed E-state index contributed by atoms with van der Waals surface area (Å²) in [6.45, 7) is 0. The Hall–Kier alpha value is -3.07. The molecule has 0 spiro atoms. The van der Waals surface area contributed by atoms with Crippen LogP contribution in [-0.2, 0) is 9.57 Å². The Balaban J connectivity index is 1.79. The average Bonchev–Trinajstić information content (AvgIpc) is 3.15. The first-order valence-corrected chi connectivity index (χ1v) is 7.15. The van der Waals surface area contributed by atoms with Crippen molar-refractivity contribution in [2.24, 2.45) is 0 Å². The molecule has 1 aromatic heterocycles. The van der Waals surface area contributed by atoms with E-state index in [1.165, 1.54) is 24.6 Å². The molecule has 23 heavy (non-hydrogen) atoms. The minimum Gasteiger partial charge on any atom is -0.464 e. The molecule has 1 aliphatic rings. The summed E-state index contributed by atoms with van der Waals surface area (Å²) in [5.41, 5.74) is 0.101. The Bertz CT molecular complexity index is 808. The lowest BCUT2D eigenvalue weighted by atomic mass is 10.1. The van der Waals surface area contributed by atoms with Crippen molar-refractivity contribution in [2.75, 3.05) is 7.11 Å². The first kappa shape index (κ1) is 14.9. The van der Waals surface area contributed by atoms with E-state index in [4.69, 9.17) is 4.84 Å². The Morgan fingerprint density at radius 1 is 1.09 bits per heavy atom. The third-order valence-corrected chi connectivity index (χ3v) is 3.83. The average molecular weight is 332 g/mol. The second-order valence-electron chi connectivity index (χ2n) is 4.36. The number of fused-ring (bicyclic) bond motifs is 1. The van der Waals surface area contributed by atoms with Gasteiger partial charge in [-0.05, 0) is 12.1 Å². The van der Waals surface area contributed by atoms with Gasteiger partial charge >= 0.3 is 11.9 Å². The van der Waals surface area contributed by atoms with Gasteiger partial charge in [-0.15, -0.1) is 11.3 Å². The van der Waals surface area contributed by atoms with Gasteiger partial charge in [-0.1, -0.05) is 17.2 Å². The van der Waals surface area contributed by atoms with E-state index in [0.29, 0.717) is 5.06 Å². The van der Waals surface area contributed by atoms with Gasteiger partial charge in [-0.25, -0.2) is 14.6 Å². The summed E-state index contributed by atoms with van der Waals surface area (Å²) >= 11 is 0.883. The van der Waals surface area contributed by atoms with Crippen LogP contribution in [-0.4, -0.2) is 40.9 Å². The summed E-state index contributed by atoms with van der Waals surface area (Å²) in [4.78, 5) is 56.0. The summed E-state index contributed by atoms with van der Waals surface area (Å²) < 4.78 is 4.48. The molecule has 0 atom stereocenters. The number of rotatable bonds is 3. The zero-order valence-corrected chi connectivity index (χ0v) is 12.5. The minimum atomic E-state index is -1.02. The number of hydroxylamine groups is 2. The number of carbonyl (C=O) groups excluding carboxylic acids is 4. The number of amides is 2. The molecule has 0 fully saturated rings. The number of hydrogen-bond acceptors (Lipinski definition) is 8. The molecule has 2 aromatic rings. The summed E-state index contributed by atoms with van der Waals surface area (Å²) in [7, 11) is 1.18. The molecular formula is C14H8N2O6S. The van der Waals surface area contributed by atoms with Crippen LogP contribution in [0.3, 0.4) is 0 Å². The molecule has 8 nitrogen and oxygen atoms in total. The lowest BCUT2D eigenvalue weighted by molar-refractivity contribution is -0.0588. The monoisotopic (exact) mass is 332 g/mol. The van der Waals surface area contributed by atoms with Crippen LogP contribution in [0.2, 0.25) is 0 Å². The molecule has 0 aliphatic carbocycles. The first-order chi connectivity index (χ1) is 11.0. The van der Waals surface area contributed by atoms with Crippen molar-refractivity contribution in [3.05, 3.63) is 51.5 Å². The first-order valence-electron chi connectivity index (χ1n) is 6.27. The summed E-state index contributed by atoms with van der Waals surface area (Å²) in [5, 5.41) is 1.61. The van der Waals surface area contributed by atoms with Crippen LogP contribution in [0.15, 0.2) is 29.6 Å². The van der Waals surface area contributed by atoms with Crippen LogP contribution in [0.5, 0.6) is 0 Å². The smallest absolute Gasteiger partial charge is 0.383 e. The van der Waals surface area contributed by atoms with Gasteiger partial charge in [0.2, 0.25) is 5.01 Å². The minimum absolute atomic E-state index is 0.0400. The Kier molecular flexibility index (Phi) is 3.62. The largest absolute Gasteiger partial charge is 0.464 e. The van der Waals surface area contributed by atoms with E-state index in [9.17, 15) is 19.2 Å². The molecule has 3 rings (SSSR count). The van der Waals surface area contributed by atoms with Crippen LogP contribution in [0.25, 0.3) is 0 Å². The molecular weight excluding hydrogens is 324 g/mol. The van der Waals surface area contributed by atoms with Crippen molar-refractivity contribution in [2.45, 2.75) is 0 Å². The number of nitrogens with zero attached hydrogens (tertiary/aromatic N) is 2. The molecule has 0 saturated carbocycles. The highest BCUT2D eigenvalue weighted by molar-refractivity contribution is 7.11. The molecule has 2 heterocycles. The van der Waals surface area contributed by atoms with Crippen LogP contribution in [0.1, 0.15) is 41.0 Å². The molecule has 0 radical (unpaired) electrons. The Labute approximate surface area is 133 Å². The van der Waals surface area contributed by atoms with Gasteiger partial charge in [0.25, 0.3) is 11.8 Å². The van der Waals surface area contributed by atoms with E-state index in [2.05, 4.69) is 9.72 Å². The normalized spacial score (nSPS) is 13.0. The molecule has 0 unspecified atom stereocenters. The molecule has 1 aliphatic heterocycles. The zero-order chi connectivity index (χ0) is 16.6. The third kappa shape index (κ3) is 2.46. The lowest BCUT2D eigenvalue weighted by Crippen LogP contribution is -2.32. The van der Waals surface area contributed by atoms with Crippen LogP contribution >= 0.6 is 11.3 Å². The predicted molar refractivity (Wildman–Crippen MR) is 75.8 cm³/mol. The molecule has 116 valence electrons. The van der Waals surface area contributed by atoms with E-state index < -0.39 is 23.8 Å². The number of carbonyl (C=O) groups is 4. The number of aromatic nitrogens is 1. The van der Waals surface area contributed by atoms with Crippen molar-refractivity contribution >= 4 is 35.1 Å². The highest BCUT2D eigenvalue weighted by atomic mass is 32.1.